The highest BCUT2D eigenvalue weighted by Crippen LogP contribution is 2.28. The molecule has 1 fully saturated rings. The number of carbonyl (C=O) groups is 2. The lowest BCUT2D eigenvalue weighted by molar-refractivity contribution is -0.123. The van der Waals surface area contributed by atoms with Gasteiger partial charge >= 0.3 is 0 Å². The van der Waals surface area contributed by atoms with Crippen molar-refractivity contribution in [1.82, 2.24) is 5.32 Å². The third-order valence-corrected chi connectivity index (χ3v) is 5.22. The number of ketones is 1. The molecule has 2 aromatic carbocycles. The van der Waals surface area contributed by atoms with E-state index >= 15 is 0 Å². The lowest BCUT2D eigenvalue weighted by atomic mass is 10.1. The molecule has 6 nitrogen and oxygen atoms in total. The molecule has 0 bridgehead atoms. The Labute approximate surface area is 183 Å². The minimum atomic E-state index is -0.189. The zero-order valence-electron chi connectivity index (χ0n) is 18.2. The summed E-state index contributed by atoms with van der Waals surface area (Å²) < 4.78 is 10.9. The van der Waals surface area contributed by atoms with E-state index in [0.717, 1.165) is 18.7 Å². The molecule has 0 aliphatic carbocycles. The molecule has 1 aliphatic rings. The Bertz CT molecular complexity index is 916. The van der Waals surface area contributed by atoms with Crippen LogP contribution >= 0.6 is 0 Å². The van der Waals surface area contributed by atoms with Crippen molar-refractivity contribution < 1.29 is 19.1 Å². The minimum Gasteiger partial charge on any atom is -0.493 e. The van der Waals surface area contributed by atoms with Gasteiger partial charge in [0, 0.05) is 30.9 Å². The van der Waals surface area contributed by atoms with E-state index in [2.05, 4.69) is 10.2 Å². The van der Waals surface area contributed by atoms with Gasteiger partial charge in [-0.25, -0.2) is 0 Å². The summed E-state index contributed by atoms with van der Waals surface area (Å²) in [5.41, 5.74) is 2.64. The monoisotopic (exact) mass is 422 g/mol. The lowest BCUT2D eigenvalue weighted by Gasteiger charge is -2.28. The maximum Gasteiger partial charge on any atom is 0.257 e. The number of benzene rings is 2. The van der Waals surface area contributed by atoms with E-state index in [1.54, 1.807) is 24.3 Å². The summed E-state index contributed by atoms with van der Waals surface area (Å²) in [6.07, 6.45) is 7.05. The topological polar surface area (TPSA) is 67.9 Å². The molecule has 1 N–H and O–H groups in total. The van der Waals surface area contributed by atoms with Gasteiger partial charge in [-0.3, -0.25) is 9.59 Å². The quantitative estimate of drug-likeness (QED) is 0.487. The number of likely N-dealkylation sites (N-methyl/N-ethyl adjacent to an activating group) is 1. The predicted octanol–water partition coefficient (Wildman–Crippen LogP) is 4.10. The Morgan fingerprint density at radius 3 is 2.45 bits per heavy atom. The van der Waals surface area contributed by atoms with Crippen LogP contribution in [0.5, 0.6) is 11.5 Å². The Morgan fingerprint density at radius 2 is 1.77 bits per heavy atom. The molecule has 0 spiro atoms. The second-order valence-corrected chi connectivity index (χ2v) is 7.44. The molecule has 0 aromatic heterocycles. The van der Waals surface area contributed by atoms with Gasteiger partial charge in [0.05, 0.1) is 7.11 Å². The van der Waals surface area contributed by atoms with Gasteiger partial charge in [0.25, 0.3) is 5.91 Å². The summed E-state index contributed by atoms with van der Waals surface area (Å²) in [6.45, 7) is 4.49. The van der Waals surface area contributed by atoms with Gasteiger partial charge in [0.1, 0.15) is 0 Å². The summed E-state index contributed by atoms with van der Waals surface area (Å²) in [7, 11) is 1.54. The van der Waals surface area contributed by atoms with Crippen molar-refractivity contribution in [2.75, 3.05) is 38.3 Å². The first-order chi connectivity index (χ1) is 15.1. The van der Waals surface area contributed by atoms with Crippen LogP contribution in [0.1, 0.15) is 42.1 Å². The molecule has 2 aromatic rings. The highest BCUT2D eigenvalue weighted by atomic mass is 16.5. The summed E-state index contributed by atoms with van der Waals surface area (Å²) in [5, 5.41) is 2.68. The molecule has 1 aliphatic heterocycles. The number of allylic oxidation sites excluding steroid dienone is 1. The molecular formula is C25H30N2O4. The van der Waals surface area contributed by atoms with Crippen molar-refractivity contribution in [1.29, 1.82) is 0 Å². The average molecular weight is 423 g/mol. The van der Waals surface area contributed by atoms with Crippen molar-refractivity contribution in [3.63, 3.8) is 0 Å². The van der Waals surface area contributed by atoms with Crippen LogP contribution in [-0.2, 0) is 4.79 Å². The predicted molar refractivity (Wildman–Crippen MR) is 123 cm³/mol. The average Bonchev–Trinajstić information content (AvgIpc) is 2.82. The van der Waals surface area contributed by atoms with Crippen LogP contribution in [-0.4, -0.2) is 45.0 Å². The first kappa shape index (κ1) is 22.4. The molecule has 3 rings (SSSR count). The van der Waals surface area contributed by atoms with Crippen LogP contribution in [0.4, 0.5) is 5.69 Å². The molecule has 6 heteroatoms. The van der Waals surface area contributed by atoms with Gasteiger partial charge in [-0.05, 0) is 74.2 Å². The molecule has 31 heavy (non-hydrogen) atoms. The number of piperidine rings is 1. The summed E-state index contributed by atoms with van der Waals surface area (Å²) in [5.74, 6) is 0.737. The van der Waals surface area contributed by atoms with Crippen LogP contribution in [0.2, 0.25) is 0 Å². The van der Waals surface area contributed by atoms with Gasteiger partial charge in [-0.1, -0.05) is 12.1 Å². The second-order valence-electron chi connectivity index (χ2n) is 7.44. The highest BCUT2D eigenvalue weighted by Gasteiger charge is 2.12. The normalized spacial score (nSPS) is 13.8. The zero-order chi connectivity index (χ0) is 22.1. The number of ether oxygens (including phenoxy) is 2. The first-order valence-corrected chi connectivity index (χ1v) is 10.8. The maximum absolute atomic E-state index is 12.6. The fourth-order valence-electron chi connectivity index (χ4n) is 3.56. The number of rotatable bonds is 9. The minimum absolute atomic E-state index is 0.0549. The van der Waals surface area contributed by atoms with Crippen molar-refractivity contribution in [2.24, 2.45) is 0 Å². The molecule has 0 atom stereocenters. The number of amides is 1. The van der Waals surface area contributed by atoms with Gasteiger partial charge in [-0.15, -0.1) is 0 Å². The van der Waals surface area contributed by atoms with Crippen LogP contribution < -0.4 is 19.7 Å². The van der Waals surface area contributed by atoms with Crippen LogP contribution in [0, 0.1) is 0 Å². The molecule has 0 radical (unpaired) electrons. The summed E-state index contributed by atoms with van der Waals surface area (Å²) >= 11 is 0. The lowest BCUT2D eigenvalue weighted by Crippen LogP contribution is -2.29. The molecule has 164 valence electrons. The van der Waals surface area contributed by atoms with Crippen LogP contribution in [0.15, 0.2) is 48.5 Å². The molecule has 0 unspecified atom stereocenters. The Morgan fingerprint density at radius 1 is 1.03 bits per heavy atom. The fraction of sp³-hybridized carbons (Fsp3) is 0.360. The van der Waals surface area contributed by atoms with Crippen LogP contribution in [0.3, 0.4) is 0 Å². The Balaban J connectivity index is 1.62. The third-order valence-electron chi connectivity index (χ3n) is 5.22. The SMILES string of the molecule is CCNC(=O)COc1ccc(C=CC(=O)c2ccc(N3CCCCC3)cc2)cc1OC. The molecule has 0 saturated carbocycles. The zero-order valence-corrected chi connectivity index (χ0v) is 18.2. The number of anilines is 1. The van der Waals surface area contributed by atoms with Crippen LogP contribution in [0.25, 0.3) is 6.08 Å². The third kappa shape index (κ3) is 6.35. The number of carbonyl (C=O) groups excluding carboxylic acids is 2. The first-order valence-electron chi connectivity index (χ1n) is 10.8. The molecular weight excluding hydrogens is 392 g/mol. The highest BCUT2D eigenvalue weighted by molar-refractivity contribution is 6.07. The number of nitrogens with zero attached hydrogens (tertiary/aromatic N) is 1. The largest absolute Gasteiger partial charge is 0.493 e. The summed E-state index contributed by atoms with van der Waals surface area (Å²) in [6, 6.07) is 13.1. The van der Waals surface area contributed by atoms with E-state index in [9.17, 15) is 9.59 Å². The Kier molecular flexibility index (Phi) is 8.10. The van der Waals surface area contributed by atoms with Gasteiger partial charge < -0.3 is 19.7 Å². The molecule has 1 saturated heterocycles. The Hall–Kier alpha value is -3.28. The second kappa shape index (κ2) is 11.2. The van der Waals surface area contributed by atoms with Crippen molar-refractivity contribution in [3.05, 3.63) is 59.7 Å². The number of hydrogen-bond acceptors (Lipinski definition) is 5. The van der Waals surface area contributed by atoms with E-state index in [1.165, 1.54) is 32.1 Å². The van der Waals surface area contributed by atoms with Crippen molar-refractivity contribution in [2.45, 2.75) is 26.2 Å². The van der Waals surface area contributed by atoms with Crippen molar-refractivity contribution in [3.8, 4) is 11.5 Å². The van der Waals surface area contributed by atoms with Crippen molar-refractivity contribution >= 4 is 23.5 Å². The van der Waals surface area contributed by atoms with Gasteiger partial charge in [0.15, 0.2) is 23.9 Å². The number of nitrogens with one attached hydrogen (secondary N) is 1. The maximum atomic E-state index is 12.6. The molecule has 1 amide bonds. The number of hydrogen-bond donors (Lipinski definition) is 1. The standard InChI is InChI=1S/C25H30N2O4/c1-3-26-25(29)18-31-23-14-8-19(17-24(23)30-2)7-13-22(28)20-9-11-21(12-10-20)27-15-5-4-6-16-27/h7-14,17H,3-6,15-16,18H2,1-2H3,(H,26,29). The van der Waals surface area contributed by atoms with E-state index in [0.29, 0.717) is 23.6 Å². The van der Waals surface area contributed by atoms with E-state index < -0.39 is 0 Å². The molecule has 1 heterocycles. The van der Waals surface area contributed by atoms with Gasteiger partial charge in [-0.2, -0.15) is 0 Å². The van der Waals surface area contributed by atoms with Gasteiger partial charge in [0.2, 0.25) is 0 Å². The van der Waals surface area contributed by atoms with E-state index in [4.69, 9.17) is 9.47 Å². The fourth-order valence-corrected chi connectivity index (χ4v) is 3.56. The van der Waals surface area contributed by atoms with E-state index in [1.807, 2.05) is 37.3 Å². The van der Waals surface area contributed by atoms with E-state index in [-0.39, 0.29) is 18.3 Å². The summed E-state index contributed by atoms with van der Waals surface area (Å²) in [4.78, 5) is 26.5. The number of methoxy groups -OCH3 is 1. The smallest absolute Gasteiger partial charge is 0.257 e.